The van der Waals surface area contributed by atoms with Gasteiger partial charge in [-0.2, -0.15) is 0 Å². The molecule has 1 aromatic heterocycles. The van der Waals surface area contributed by atoms with Crippen molar-refractivity contribution in [2.24, 2.45) is 0 Å². The highest BCUT2D eigenvalue weighted by Crippen LogP contribution is 2.27. The first-order valence-electron chi connectivity index (χ1n) is 6.27. The Morgan fingerprint density at radius 3 is 2.60 bits per heavy atom. The van der Waals surface area contributed by atoms with E-state index in [0.717, 1.165) is 5.56 Å². The average molecular weight is 275 g/mol. The highest BCUT2D eigenvalue weighted by Gasteiger charge is 2.19. The van der Waals surface area contributed by atoms with Crippen LogP contribution in [0.2, 0.25) is 0 Å². The Balaban J connectivity index is 2.83. The number of carbonyl (C=O) groups is 1. The van der Waals surface area contributed by atoms with Crippen LogP contribution >= 0.6 is 0 Å². The SMILES string of the molecule is COC(=O)[C@@H](C)n1ccc(=O)c2cc(C)cc(OC)c21. The molecule has 5 nitrogen and oxygen atoms in total. The van der Waals surface area contributed by atoms with Gasteiger partial charge in [-0.3, -0.25) is 4.79 Å². The number of carbonyl (C=O) groups excluding carboxylic acids is 1. The van der Waals surface area contributed by atoms with E-state index >= 15 is 0 Å². The third kappa shape index (κ3) is 2.27. The zero-order valence-corrected chi connectivity index (χ0v) is 12.0. The maximum absolute atomic E-state index is 12.0. The summed E-state index contributed by atoms with van der Waals surface area (Å²) in [5.74, 6) is 0.186. The number of pyridine rings is 1. The molecule has 20 heavy (non-hydrogen) atoms. The summed E-state index contributed by atoms with van der Waals surface area (Å²) in [6.45, 7) is 3.61. The zero-order valence-electron chi connectivity index (χ0n) is 12.0. The normalized spacial score (nSPS) is 12.2. The minimum atomic E-state index is -0.542. The molecule has 0 spiro atoms. The number of ether oxygens (including phenoxy) is 2. The quantitative estimate of drug-likeness (QED) is 0.804. The molecule has 0 saturated heterocycles. The predicted molar refractivity (Wildman–Crippen MR) is 76.2 cm³/mol. The standard InChI is InChI=1S/C15H17NO4/c1-9-7-11-12(17)5-6-16(10(2)15(18)20-4)14(11)13(8-9)19-3/h5-8,10H,1-4H3/t10-/m1/s1. The number of nitrogens with zero attached hydrogens (tertiary/aromatic N) is 1. The first-order chi connectivity index (χ1) is 9.49. The number of esters is 1. The van der Waals surface area contributed by atoms with Crippen molar-refractivity contribution in [2.75, 3.05) is 14.2 Å². The fourth-order valence-electron chi connectivity index (χ4n) is 2.27. The first kappa shape index (κ1) is 14.1. The van der Waals surface area contributed by atoms with Crippen molar-refractivity contribution in [3.8, 4) is 5.75 Å². The van der Waals surface area contributed by atoms with Gasteiger partial charge in [-0.1, -0.05) is 0 Å². The minimum Gasteiger partial charge on any atom is -0.495 e. The second-order valence-electron chi connectivity index (χ2n) is 4.65. The molecule has 1 heterocycles. The molecule has 0 aliphatic heterocycles. The summed E-state index contributed by atoms with van der Waals surface area (Å²) in [4.78, 5) is 23.8. The van der Waals surface area contributed by atoms with Crippen LogP contribution in [0, 0.1) is 6.92 Å². The third-order valence-electron chi connectivity index (χ3n) is 3.31. The van der Waals surface area contributed by atoms with Gasteiger partial charge in [-0.15, -0.1) is 0 Å². The van der Waals surface area contributed by atoms with E-state index in [2.05, 4.69) is 0 Å². The molecule has 1 atom stereocenters. The highest BCUT2D eigenvalue weighted by molar-refractivity contribution is 5.87. The van der Waals surface area contributed by atoms with E-state index in [1.165, 1.54) is 13.2 Å². The predicted octanol–water partition coefficient (Wildman–Crippen LogP) is 2.05. The van der Waals surface area contributed by atoms with Crippen molar-refractivity contribution >= 4 is 16.9 Å². The molecule has 0 N–H and O–H groups in total. The van der Waals surface area contributed by atoms with Crippen molar-refractivity contribution in [2.45, 2.75) is 19.9 Å². The summed E-state index contributed by atoms with van der Waals surface area (Å²) in [6.07, 6.45) is 1.59. The van der Waals surface area contributed by atoms with Crippen LogP contribution in [0.15, 0.2) is 29.2 Å². The number of methoxy groups -OCH3 is 2. The summed E-state index contributed by atoms with van der Waals surface area (Å²) in [5, 5.41) is 0.528. The van der Waals surface area contributed by atoms with E-state index in [9.17, 15) is 9.59 Å². The van der Waals surface area contributed by atoms with Crippen LogP contribution in [-0.2, 0) is 9.53 Å². The molecule has 0 amide bonds. The number of hydrogen-bond donors (Lipinski definition) is 0. The number of aryl methyl sites for hydroxylation is 1. The van der Waals surface area contributed by atoms with Crippen LogP contribution < -0.4 is 10.2 Å². The van der Waals surface area contributed by atoms with E-state index in [0.29, 0.717) is 16.7 Å². The number of aromatic nitrogens is 1. The smallest absolute Gasteiger partial charge is 0.328 e. The van der Waals surface area contributed by atoms with Crippen LogP contribution in [-0.4, -0.2) is 24.8 Å². The van der Waals surface area contributed by atoms with Gasteiger partial charge in [-0.25, -0.2) is 4.79 Å². The molecule has 1 aromatic carbocycles. The van der Waals surface area contributed by atoms with Gasteiger partial charge in [0, 0.05) is 17.6 Å². The van der Waals surface area contributed by atoms with E-state index < -0.39 is 6.04 Å². The molecule has 106 valence electrons. The molecular weight excluding hydrogens is 258 g/mol. The maximum atomic E-state index is 12.0. The maximum Gasteiger partial charge on any atom is 0.328 e. The summed E-state index contributed by atoms with van der Waals surface area (Å²) in [7, 11) is 2.88. The van der Waals surface area contributed by atoms with Crippen molar-refractivity contribution < 1.29 is 14.3 Å². The van der Waals surface area contributed by atoms with E-state index in [4.69, 9.17) is 9.47 Å². The molecule has 2 aromatic rings. The van der Waals surface area contributed by atoms with Crippen LogP contribution in [0.3, 0.4) is 0 Å². The van der Waals surface area contributed by atoms with E-state index in [1.54, 1.807) is 30.9 Å². The van der Waals surface area contributed by atoms with Crippen LogP contribution in [0.25, 0.3) is 10.9 Å². The second-order valence-corrected chi connectivity index (χ2v) is 4.65. The van der Waals surface area contributed by atoms with Gasteiger partial charge in [0.1, 0.15) is 11.8 Å². The van der Waals surface area contributed by atoms with Crippen LogP contribution in [0.5, 0.6) is 5.75 Å². The first-order valence-corrected chi connectivity index (χ1v) is 6.27. The monoisotopic (exact) mass is 275 g/mol. The van der Waals surface area contributed by atoms with Gasteiger partial charge in [0.05, 0.1) is 19.7 Å². The molecular formula is C15H17NO4. The lowest BCUT2D eigenvalue weighted by Gasteiger charge is -2.18. The van der Waals surface area contributed by atoms with Crippen LogP contribution in [0.1, 0.15) is 18.5 Å². The molecule has 0 unspecified atom stereocenters. The van der Waals surface area contributed by atoms with Crippen molar-refractivity contribution in [1.82, 2.24) is 4.57 Å². The topological polar surface area (TPSA) is 57.5 Å². The Bertz CT molecular complexity index is 718. The van der Waals surface area contributed by atoms with Gasteiger partial charge in [-0.05, 0) is 31.5 Å². The molecule has 0 saturated carbocycles. The second kappa shape index (κ2) is 5.36. The molecule has 0 aliphatic rings. The third-order valence-corrected chi connectivity index (χ3v) is 3.31. The Kier molecular flexibility index (Phi) is 3.79. The molecule has 5 heteroatoms. The Morgan fingerprint density at radius 2 is 2.00 bits per heavy atom. The number of fused-ring (bicyclic) bond motifs is 1. The Morgan fingerprint density at radius 1 is 1.30 bits per heavy atom. The number of benzene rings is 1. The molecule has 0 aliphatic carbocycles. The minimum absolute atomic E-state index is 0.102. The Hall–Kier alpha value is -2.30. The fourth-order valence-corrected chi connectivity index (χ4v) is 2.27. The van der Waals surface area contributed by atoms with Crippen LogP contribution in [0.4, 0.5) is 0 Å². The summed E-state index contributed by atoms with van der Waals surface area (Å²) in [5.41, 5.74) is 1.42. The average Bonchev–Trinajstić information content (AvgIpc) is 2.45. The molecule has 2 rings (SSSR count). The van der Waals surface area contributed by atoms with Gasteiger partial charge in [0.25, 0.3) is 0 Å². The Labute approximate surface area is 116 Å². The molecule has 0 bridgehead atoms. The van der Waals surface area contributed by atoms with Gasteiger partial charge < -0.3 is 14.0 Å². The van der Waals surface area contributed by atoms with E-state index in [1.807, 2.05) is 13.0 Å². The lowest BCUT2D eigenvalue weighted by molar-refractivity contribution is -0.143. The lowest BCUT2D eigenvalue weighted by atomic mass is 10.1. The van der Waals surface area contributed by atoms with Gasteiger partial charge in [0.2, 0.25) is 0 Å². The zero-order chi connectivity index (χ0) is 14.9. The van der Waals surface area contributed by atoms with Crippen molar-refractivity contribution in [1.29, 1.82) is 0 Å². The van der Waals surface area contributed by atoms with E-state index in [-0.39, 0.29) is 11.4 Å². The van der Waals surface area contributed by atoms with Crippen molar-refractivity contribution in [3.05, 3.63) is 40.2 Å². The fraction of sp³-hybridized carbons (Fsp3) is 0.333. The number of hydrogen-bond acceptors (Lipinski definition) is 4. The number of rotatable bonds is 3. The molecule has 0 fully saturated rings. The highest BCUT2D eigenvalue weighted by atomic mass is 16.5. The summed E-state index contributed by atoms with van der Waals surface area (Å²) < 4.78 is 11.8. The van der Waals surface area contributed by atoms with Gasteiger partial charge >= 0.3 is 5.97 Å². The van der Waals surface area contributed by atoms with Crippen molar-refractivity contribution in [3.63, 3.8) is 0 Å². The van der Waals surface area contributed by atoms with Gasteiger partial charge in [0.15, 0.2) is 5.43 Å². The largest absolute Gasteiger partial charge is 0.495 e. The molecule has 0 radical (unpaired) electrons. The lowest BCUT2D eigenvalue weighted by Crippen LogP contribution is -2.20. The summed E-state index contributed by atoms with van der Waals surface area (Å²) in [6, 6.07) is 4.53. The summed E-state index contributed by atoms with van der Waals surface area (Å²) >= 11 is 0.